The number of aryl methyl sites for hydroxylation is 2. The topological polar surface area (TPSA) is 26.2 Å². The molecule has 104 valence electrons. The molecule has 1 heterocycles. The van der Waals surface area contributed by atoms with Gasteiger partial charge in [0.2, 0.25) is 5.52 Å². The highest BCUT2D eigenvalue weighted by Gasteiger charge is 2.24. The van der Waals surface area contributed by atoms with Crippen LogP contribution in [0.4, 0.5) is 11.4 Å². The van der Waals surface area contributed by atoms with E-state index in [0.29, 0.717) is 0 Å². The Kier molecular flexibility index (Phi) is 2.88. The molecule has 2 aromatic carbocycles. The zero-order valence-corrected chi connectivity index (χ0v) is 12.2. The van der Waals surface area contributed by atoms with E-state index in [-0.39, 0.29) is 0 Å². The highest BCUT2D eigenvalue weighted by Crippen LogP contribution is 2.34. The van der Waals surface area contributed by atoms with Crippen molar-refractivity contribution in [2.75, 3.05) is 5.32 Å². The summed E-state index contributed by atoms with van der Waals surface area (Å²) in [6.45, 7) is 2.15. The maximum absolute atomic E-state index is 3.65. The van der Waals surface area contributed by atoms with Gasteiger partial charge in [-0.1, -0.05) is 24.3 Å². The van der Waals surface area contributed by atoms with Gasteiger partial charge in [-0.15, -0.1) is 0 Å². The van der Waals surface area contributed by atoms with Crippen LogP contribution in [0.3, 0.4) is 0 Å². The molecule has 2 nitrogen and oxygen atoms in total. The predicted molar refractivity (Wildman–Crippen MR) is 87.0 cm³/mol. The third-order valence-corrected chi connectivity index (χ3v) is 4.29. The highest BCUT2D eigenvalue weighted by molar-refractivity contribution is 5.93. The highest BCUT2D eigenvalue weighted by atomic mass is 14.9. The van der Waals surface area contributed by atoms with Gasteiger partial charge in [0.1, 0.15) is 0 Å². The summed E-state index contributed by atoms with van der Waals surface area (Å²) in [7, 11) is 0. The fourth-order valence-corrected chi connectivity index (χ4v) is 3.27. The van der Waals surface area contributed by atoms with E-state index in [4.69, 9.17) is 0 Å². The standard InChI is InChI=1S/C19H18N2/c1-13-10-11-18-16(12-13)19(15-8-5-9-17(15)21-18)20-14-6-3-2-4-7-14/h2-4,6-7,10-12H,5,8-9H2,1H3,(H,20,21)/p+1. The van der Waals surface area contributed by atoms with Crippen LogP contribution in [-0.2, 0) is 12.8 Å². The number of para-hydroxylation sites is 1. The van der Waals surface area contributed by atoms with Crippen LogP contribution in [0.5, 0.6) is 0 Å². The number of pyridine rings is 1. The molecule has 2 heteroatoms. The molecule has 0 amide bonds. The molecule has 0 radical (unpaired) electrons. The van der Waals surface area contributed by atoms with E-state index in [9.17, 15) is 0 Å². The average molecular weight is 275 g/mol. The van der Waals surface area contributed by atoms with E-state index in [1.54, 1.807) is 0 Å². The molecule has 1 aliphatic carbocycles. The van der Waals surface area contributed by atoms with Crippen molar-refractivity contribution in [1.29, 1.82) is 0 Å². The van der Waals surface area contributed by atoms with Gasteiger partial charge in [-0.25, -0.2) is 4.98 Å². The van der Waals surface area contributed by atoms with Crippen molar-refractivity contribution in [3.8, 4) is 0 Å². The Labute approximate surface area is 124 Å². The van der Waals surface area contributed by atoms with Crippen LogP contribution in [0.15, 0.2) is 48.5 Å². The van der Waals surface area contributed by atoms with E-state index in [2.05, 4.69) is 65.8 Å². The van der Waals surface area contributed by atoms with E-state index < -0.39 is 0 Å². The summed E-state index contributed by atoms with van der Waals surface area (Å²) < 4.78 is 0. The largest absolute Gasteiger partial charge is 0.354 e. The van der Waals surface area contributed by atoms with Crippen molar-refractivity contribution >= 4 is 22.3 Å². The molecular weight excluding hydrogens is 256 g/mol. The van der Waals surface area contributed by atoms with E-state index in [0.717, 1.165) is 18.5 Å². The van der Waals surface area contributed by atoms with Crippen molar-refractivity contribution in [1.82, 2.24) is 0 Å². The summed E-state index contributed by atoms with van der Waals surface area (Å²) in [6.07, 6.45) is 3.55. The number of rotatable bonds is 2. The van der Waals surface area contributed by atoms with Crippen LogP contribution in [0.1, 0.15) is 23.2 Å². The fourth-order valence-electron chi connectivity index (χ4n) is 3.27. The van der Waals surface area contributed by atoms with Crippen LogP contribution < -0.4 is 10.3 Å². The summed E-state index contributed by atoms with van der Waals surface area (Å²) in [5.74, 6) is 0. The van der Waals surface area contributed by atoms with Gasteiger partial charge in [0.15, 0.2) is 5.69 Å². The number of anilines is 2. The minimum absolute atomic E-state index is 1.15. The number of nitrogens with one attached hydrogen (secondary N) is 2. The Hall–Kier alpha value is -2.35. The van der Waals surface area contributed by atoms with Crippen molar-refractivity contribution in [3.63, 3.8) is 0 Å². The zero-order chi connectivity index (χ0) is 14.2. The molecule has 1 aromatic heterocycles. The van der Waals surface area contributed by atoms with E-state index >= 15 is 0 Å². The Morgan fingerprint density at radius 3 is 2.71 bits per heavy atom. The lowest BCUT2D eigenvalue weighted by Gasteiger charge is -2.12. The maximum Gasteiger partial charge on any atom is 0.213 e. The number of fused-ring (bicyclic) bond motifs is 2. The van der Waals surface area contributed by atoms with Crippen molar-refractivity contribution in [2.45, 2.75) is 26.2 Å². The lowest BCUT2D eigenvalue weighted by molar-refractivity contribution is -0.356. The molecule has 0 atom stereocenters. The lowest BCUT2D eigenvalue weighted by Crippen LogP contribution is -2.14. The van der Waals surface area contributed by atoms with Crippen molar-refractivity contribution < 1.29 is 4.98 Å². The molecule has 3 aromatic rings. The molecule has 0 unspecified atom stereocenters. The van der Waals surface area contributed by atoms with E-state index in [1.807, 2.05) is 0 Å². The van der Waals surface area contributed by atoms with Gasteiger partial charge in [0, 0.05) is 23.7 Å². The summed E-state index contributed by atoms with van der Waals surface area (Å²) >= 11 is 0. The number of hydrogen-bond donors (Lipinski definition) is 1. The monoisotopic (exact) mass is 275 g/mol. The third kappa shape index (κ3) is 2.17. The Morgan fingerprint density at radius 1 is 1.00 bits per heavy atom. The second-order valence-corrected chi connectivity index (χ2v) is 5.85. The quantitative estimate of drug-likeness (QED) is 0.745. The number of benzene rings is 2. The first-order chi connectivity index (χ1) is 10.3. The first kappa shape index (κ1) is 12.4. The number of aromatic nitrogens is 1. The fraction of sp³-hybridized carbons (Fsp3) is 0.211. The molecule has 0 aliphatic heterocycles. The molecular formula is C19H19N2+. The van der Waals surface area contributed by atoms with Gasteiger partial charge in [0.25, 0.3) is 0 Å². The minimum atomic E-state index is 1.15. The second kappa shape index (κ2) is 4.88. The number of aromatic amines is 1. The maximum atomic E-state index is 3.65. The van der Waals surface area contributed by atoms with Gasteiger partial charge in [-0.3, -0.25) is 0 Å². The average Bonchev–Trinajstić information content (AvgIpc) is 2.97. The van der Waals surface area contributed by atoms with Crippen LogP contribution in [0.25, 0.3) is 10.9 Å². The summed E-state index contributed by atoms with van der Waals surface area (Å²) in [5.41, 5.74) is 7.80. The minimum Gasteiger partial charge on any atom is -0.354 e. The summed E-state index contributed by atoms with van der Waals surface area (Å²) in [6, 6.07) is 17.1. The smallest absolute Gasteiger partial charge is 0.213 e. The number of hydrogen-bond acceptors (Lipinski definition) is 1. The molecule has 21 heavy (non-hydrogen) atoms. The summed E-state index contributed by atoms with van der Waals surface area (Å²) in [4.78, 5) is 3.62. The van der Waals surface area contributed by atoms with E-state index in [1.165, 1.54) is 39.8 Å². The van der Waals surface area contributed by atoms with Crippen LogP contribution >= 0.6 is 0 Å². The summed E-state index contributed by atoms with van der Waals surface area (Å²) in [5, 5.41) is 4.95. The second-order valence-electron chi connectivity index (χ2n) is 5.85. The molecule has 0 saturated carbocycles. The molecule has 0 spiro atoms. The van der Waals surface area contributed by atoms with Gasteiger partial charge in [0.05, 0.1) is 11.1 Å². The SMILES string of the molecule is Cc1ccc2[nH+]c3c(c(Nc4ccccc4)c2c1)CCC3. The first-order valence-corrected chi connectivity index (χ1v) is 7.61. The van der Waals surface area contributed by atoms with Crippen molar-refractivity contribution in [2.24, 2.45) is 0 Å². The van der Waals surface area contributed by atoms with Crippen LogP contribution in [-0.4, -0.2) is 0 Å². The van der Waals surface area contributed by atoms with Gasteiger partial charge < -0.3 is 5.32 Å². The molecule has 0 fully saturated rings. The molecule has 2 N–H and O–H groups in total. The third-order valence-electron chi connectivity index (χ3n) is 4.29. The molecule has 1 aliphatic rings. The van der Waals surface area contributed by atoms with Crippen molar-refractivity contribution in [3.05, 3.63) is 65.4 Å². The lowest BCUT2D eigenvalue weighted by atomic mass is 10.0. The molecule has 4 rings (SSSR count). The van der Waals surface area contributed by atoms with Gasteiger partial charge >= 0.3 is 0 Å². The van der Waals surface area contributed by atoms with Gasteiger partial charge in [-0.2, -0.15) is 0 Å². The Bertz CT molecular complexity index is 807. The zero-order valence-electron chi connectivity index (χ0n) is 12.2. The Balaban J connectivity index is 1.94. The van der Waals surface area contributed by atoms with Crippen LogP contribution in [0.2, 0.25) is 0 Å². The van der Waals surface area contributed by atoms with Crippen LogP contribution in [0, 0.1) is 6.92 Å². The predicted octanol–water partition coefficient (Wildman–Crippen LogP) is 4.19. The normalized spacial score (nSPS) is 13.4. The first-order valence-electron chi connectivity index (χ1n) is 7.61. The van der Waals surface area contributed by atoms with Gasteiger partial charge in [-0.05, 0) is 43.5 Å². The molecule has 0 bridgehead atoms. The number of H-pyrrole nitrogens is 1. The Morgan fingerprint density at radius 2 is 1.86 bits per heavy atom. The molecule has 0 saturated heterocycles.